The second kappa shape index (κ2) is 4.42. The van der Waals surface area contributed by atoms with Gasteiger partial charge in [0, 0.05) is 23.6 Å². The van der Waals surface area contributed by atoms with Crippen molar-refractivity contribution in [2.24, 2.45) is 0 Å². The van der Waals surface area contributed by atoms with Crippen molar-refractivity contribution in [3.8, 4) is 22.6 Å². The van der Waals surface area contributed by atoms with E-state index in [1.54, 1.807) is 12.3 Å². The number of benzene rings is 1. The quantitative estimate of drug-likeness (QED) is 0.831. The highest BCUT2D eigenvalue weighted by molar-refractivity contribution is 6.33. The molecule has 2 aromatic rings. The van der Waals surface area contributed by atoms with Gasteiger partial charge < -0.3 is 15.2 Å². The Morgan fingerprint density at radius 3 is 2.56 bits per heavy atom. The van der Waals surface area contributed by atoms with Crippen molar-refractivity contribution in [3.05, 3.63) is 23.4 Å². The van der Waals surface area contributed by atoms with Gasteiger partial charge in [-0.1, -0.05) is 11.6 Å². The minimum atomic E-state index is 0.478. The van der Waals surface area contributed by atoms with E-state index in [4.69, 9.17) is 26.8 Å². The summed E-state index contributed by atoms with van der Waals surface area (Å²) in [4.78, 5) is 0. The highest BCUT2D eigenvalue weighted by Crippen LogP contribution is 2.40. The maximum atomic E-state index is 6.25. The fourth-order valence-electron chi connectivity index (χ4n) is 1.90. The first kappa shape index (κ1) is 11.2. The Kier molecular flexibility index (Phi) is 2.76. The van der Waals surface area contributed by atoms with Crippen LogP contribution < -0.4 is 15.2 Å². The summed E-state index contributed by atoms with van der Waals surface area (Å²) in [7, 11) is 0. The molecule has 6 heteroatoms. The van der Waals surface area contributed by atoms with Gasteiger partial charge in [-0.25, -0.2) is 0 Å². The number of nitrogens with zero attached hydrogens (tertiary/aromatic N) is 1. The zero-order valence-electron chi connectivity index (χ0n) is 9.57. The summed E-state index contributed by atoms with van der Waals surface area (Å²) in [6, 6.07) is 3.59. The number of hydrogen-bond acceptors (Lipinski definition) is 4. The summed E-state index contributed by atoms with van der Waals surface area (Å²) in [5.41, 5.74) is 7.34. The lowest BCUT2D eigenvalue weighted by molar-refractivity contribution is 0.297. The zero-order valence-corrected chi connectivity index (χ0v) is 10.3. The van der Waals surface area contributed by atoms with Crippen LogP contribution in [-0.2, 0) is 0 Å². The van der Waals surface area contributed by atoms with Crippen LogP contribution in [0.4, 0.5) is 5.82 Å². The first-order chi connectivity index (χ1) is 8.75. The number of nitrogens with one attached hydrogen (secondary N) is 1. The Morgan fingerprint density at radius 1 is 1.17 bits per heavy atom. The molecule has 0 bridgehead atoms. The SMILES string of the molecule is Nc1[nH]ncc1-c1cc2c(cc1Cl)OCCCO2. The van der Waals surface area contributed by atoms with E-state index in [1.807, 2.05) is 6.07 Å². The minimum absolute atomic E-state index is 0.478. The molecule has 0 saturated heterocycles. The number of aromatic amines is 1. The molecule has 0 saturated carbocycles. The Morgan fingerprint density at radius 2 is 1.89 bits per heavy atom. The number of rotatable bonds is 1. The maximum absolute atomic E-state index is 6.25. The second-order valence-electron chi connectivity index (χ2n) is 4.03. The number of ether oxygens (including phenoxy) is 2. The number of halogens is 1. The summed E-state index contributed by atoms with van der Waals surface area (Å²) in [6.45, 7) is 1.27. The molecule has 1 aliphatic rings. The molecule has 0 radical (unpaired) electrons. The highest BCUT2D eigenvalue weighted by atomic mass is 35.5. The Balaban J connectivity index is 2.11. The van der Waals surface area contributed by atoms with E-state index in [2.05, 4.69) is 10.2 Å². The Bertz CT molecular complexity index is 583. The van der Waals surface area contributed by atoms with Gasteiger partial charge in [0.15, 0.2) is 11.5 Å². The number of nitrogen functional groups attached to an aromatic ring is 1. The third-order valence-corrected chi connectivity index (χ3v) is 3.11. The summed E-state index contributed by atoms with van der Waals surface area (Å²) in [5.74, 6) is 1.84. The molecule has 3 rings (SSSR count). The van der Waals surface area contributed by atoms with Gasteiger partial charge in [0.1, 0.15) is 5.82 Å². The molecule has 0 aliphatic carbocycles. The highest BCUT2D eigenvalue weighted by Gasteiger charge is 2.17. The van der Waals surface area contributed by atoms with Gasteiger partial charge in [-0.2, -0.15) is 5.10 Å². The Hall–Kier alpha value is -1.88. The number of nitrogens with two attached hydrogens (primary N) is 1. The van der Waals surface area contributed by atoms with Crippen LogP contribution in [0.25, 0.3) is 11.1 Å². The first-order valence-electron chi connectivity index (χ1n) is 5.64. The fourth-order valence-corrected chi connectivity index (χ4v) is 2.16. The average molecular weight is 266 g/mol. The largest absolute Gasteiger partial charge is 0.490 e. The molecule has 0 atom stereocenters. The minimum Gasteiger partial charge on any atom is -0.490 e. The van der Waals surface area contributed by atoms with Gasteiger partial charge >= 0.3 is 0 Å². The smallest absolute Gasteiger partial charge is 0.162 e. The monoisotopic (exact) mass is 265 g/mol. The summed E-state index contributed by atoms with van der Waals surface area (Å²) < 4.78 is 11.2. The van der Waals surface area contributed by atoms with E-state index in [9.17, 15) is 0 Å². The number of anilines is 1. The number of H-pyrrole nitrogens is 1. The normalized spacial score (nSPS) is 14.3. The molecule has 1 aliphatic heterocycles. The van der Waals surface area contributed by atoms with Crippen molar-refractivity contribution < 1.29 is 9.47 Å². The van der Waals surface area contributed by atoms with Crippen LogP contribution in [0, 0.1) is 0 Å². The molecule has 0 spiro atoms. The van der Waals surface area contributed by atoms with Crippen LogP contribution in [0.5, 0.6) is 11.5 Å². The van der Waals surface area contributed by atoms with Crippen LogP contribution in [-0.4, -0.2) is 23.4 Å². The summed E-state index contributed by atoms with van der Waals surface area (Å²) in [6.07, 6.45) is 2.50. The average Bonchev–Trinajstić information content (AvgIpc) is 2.64. The van der Waals surface area contributed by atoms with Crippen LogP contribution in [0.3, 0.4) is 0 Å². The number of aromatic nitrogens is 2. The zero-order chi connectivity index (χ0) is 12.5. The topological polar surface area (TPSA) is 73.2 Å². The molecule has 0 unspecified atom stereocenters. The molecule has 1 aromatic heterocycles. The van der Waals surface area contributed by atoms with E-state index < -0.39 is 0 Å². The first-order valence-corrected chi connectivity index (χ1v) is 6.02. The lowest BCUT2D eigenvalue weighted by atomic mass is 10.1. The van der Waals surface area contributed by atoms with Crippen LogP contribution in [0.15, 0.2) is 18.3 Å². The van der Waals surface area contributed by atoms with Crippen molar-refractivity contribution in [2.75, 3.05) is 18.9 Å². The van der Waals surface area contributed by atoms with Gasteiger partial charge in [-0.3, -0.25) is 5.10 Å². The van der Waals surface area contributed by atoms with E-state index in [0.717, 1.165) is 17.5 Å². The molecule has 0 fully saturated rings. The van der Waals surface area contributed by atoms with Gasteiger partial charge in [0.2, 0.25) is 0 Å². The molecule has 3 N–H and O–H groups in total. The van der Waals surface area contributed by atoms with Gasteiger partial charge in [0.25, 0.3) is 0 Å². The van der Waals surface area contributed by atoms with Crippen molar-refractivity contribution in [2.45, 2.75) is 6.42 Å². The predicted octanol–water partition coefficient (Wildman–Crippen LogP) is 2.47. The summed E-state index contributed by atoms with van der Waals surface area (Å²) in [5, 5.41) is 7.14. The molecule has 94 valence electrons. The molecular formula is C12H12ClN3O2. The fraction of sp³-hybridized carbons (Fsp3) is 0.250. The lowest BCUT2D eigenvalue weighted by Crippen LogP contribution is -1.97. The molecule has 1 aromatic carbocycles. The van der Waals surface area contributed by atoms with Gasteiger partial charge in [-0.15, -0.1) is 0 Å². The summed E-state index contributed by atoms with van der Waals surface area (Å²) >= 11 is 6.25. The van der Waals surface area contributed by atoms with Gasteiger partial charge in [-0.05, 0) is 6.07 Å². The Labute approximate surface area is 109 Å². The predicted molar refractivity (Wildman–Crippen MR) is 69.1 cm³/mol. The third-order valence-electron chi connectivity index (χ3n) is 2.80. The van der Waals surface area contributed by atoms with Crippen LogP contribution in [0.1, 0.15) is 6.42 Å². The van der Waals surface area contributed by atoms with Crippen LogP contribution >= 0.6 is 11.6 Å². The van der Waals surface area contributed by atoms with E-state index in [1.165, 1.54) is 0 Å². The van der Waals surface area contributed by atoms with Crippen molar-refractivity contribution in [1.82, 2.24) is 10.2 Å². The third kappa shape index (κ3) is 1.86. The molecule has 5 nitrogen and oxygen atoms in total. The van der Waals surface area contributed by atoms with Crippen molar-refractivity contribution >= 4 is 17.4 Å². The molecular weight excluding hydrogens is 254 g/mol. The molecule has 2 heterocycles. The van der Waals surface area contributed by atoms with E-state index in [0.29, 0.717) is 35.6 Å². The van der Waals surface area contributed by atoms with Crippen molar-refractivity contribution in [1.29, 1.82) is 0 Å². The number of hydrogen-bond donors (Lipinski definition) is 2. The van der Waals surface area contributed by atoms with Crippen LogP contribution in [0.2, 0.25) is 5.02 Å². The molecule has 18 heavy (non-hydrogen) atoms. The van der Waals surface area contributed by atoms with E-state index in [-0.39, 0.29) is 0 Å². The van der Waals surface area contributed by atoms with Crippen molar-refractivity contribution in [3.63, 3.8) is 0 Å². The molecule has 0 amide bonds. The number of fused-ring (bicyclic) bond motifs is 1. The maximum Gasteiger partial charge on any atom is 0.162 e. The van der Waals surface area contributed by atoms with E-state index >= 15 is 0 Å². The van der Waals surface area contributed by atoms with Gasteiger partial charge in [0.05, 0.1) is 24.4 Å². The lowest BCUT2D eigenvalue weighted by Gasteiger charge is -2.10. The standard InChI is InChI=1S/C12H12ClN3O2/c13-9-5-11-10(17-2-1-3-18-11)4-7(9)8-6-15-16-12(8)14/h4-6H,1-3H2,(H3,14,15,16). The second-order valence-corrected chi connectivity index (χ2v) is 4.43.